The fraction of sp³-hybridized carbons (Fsp3) is 0.115. The van der Waals surface area contributed by atoms with Gasteiger partial charge in [0.2, 0.25) is 18.0 Å². The number of nitrogens with zero attached hydrogens (tertiary/aromatic N) is 2. The summed E-state index contributed by atoms with van der Waals surface area (Å²) in [5.74, 6) is -0.425. The summed E-state index contributed by atoms with van der Waals surface area (Å²) in [7, 11) is 0. The fourth-order valence-electron chi connectivity index (χ4n) is 3.55. The normalized spacial score (nSPS) is 14.8. The Balaban J connectivity index is 1.59. The summed E-state index contributed by atoms with van der Waals surface area (Å²) in [6, 6.07) is 18.7. The van der Waals surface area contributed by atoms with E-state index in [9.17, 15) is 14.7 Å². The van der Waals surface area contributed by atoms with Crippen molar-refractivity contribution in [3.8, 4) is 5.75 Å². The third kappa shape index (κ3) is 4.79. The Hall–Kier alpha value is -4.10. The molecule has 0 unspecified atom stereocenters. The zero-order valence-electron chi connectivity index (χ0n) is 18.4. The largest absolute Gasteiger partial charge is 0.507 e. The molecule has 172 valence electrons. The van der Waals surface area contributed by atoms with E-state index in [4.69, 9.17) is 16.3 Å². The highest BCUT2D eigenvalue weighted by Gasteiger charge is 2.35. The van der Waals surface area contributed by atoms with Crippen LogP contribution in [0.3, 0.4) is 0 Å². The minimum Gasteiger partial charge on any atom is -0.507 e. The van der Waals surface area contributed by atoms with Crippen LogP contribution in [0, 0.1) is 0 Å². The summed E-state index contributed by atoms with van der Waals surface area (Å²) in [5, 5.41) is 19.6. The van der Waals surface area contributed by atoms with Crippen molar-refractivity contribution >= 4 is 35.0 Å². The van der Waals surface area contributed by atoms with E-state index in [1.165, 1.54) is 11.9 Å². The van der Waals surface area contributed by atoms with E-state index in [2.05, 4.69) is 17.0 Å². The molecule has 1 aliphatic rings. The van der Waals surface area contributed by atoms with Crippen molar-refractivity contribution in [2.45, 2.75) is 19.6 Å². The smallest absolute Gasteiger partial charge is 0.255 e. The number of hydrazone groups is 1. The van der Waals surface area contributed by atoms with Gasteiger partial charge in [-0.2, -0.15) is 5.01 Å². The van der Waals surface area contributed by atoms with Crippen LogP contribution in [0.5, 0.6) is 5.75 Å². The van der Waals surface area contributed by atoms with Crippen molar-refractivity contribution in [1.82, 2.24) is 5.01 Å². The number of hydrogen-bond donors (Lipinski definition) is 2. The lowest BCUT2D eigenvalue weighted by Gasteiger charge is -2.21. The number of carbonyl (C=O) groups excluding carboxylic acids is 2. The number of nitrogens with one attached hydrogen (secondary N) is 1. The number of rotatable bonds is 6. The van der Waals surface area contributed by atoms with E-state index >= 15 is 0 Å². The van der Waals surface area contributed by atoms with Crippen molar-refractivity contribution in [3.05, 3.63) is 107 Å². The summed E-state index contributed by atoms with van der Waals surface area (Å²) in [6.07, 6.45) is 1.22. The van der Waals surface area contributed by atoms with E-state index in [0.29, 0.717) is 39.4 Å². The van der Waals surface area contributed by atoms with Crippen LogP contribution < -0.4 is 5.32 Å². The second-order valence-electron chi connectivity index (χ2n) is 7.63. The SMILES string of the molecule is C=CCc1cccc([C@@H]2OC(c3cccc(NC(=O)c4ccc(Cl)cc4)c3)=NN2C(C)=O)c1O. The Bertz CT molecular complexity index is 1290. The van der Waals surface area contributed by atoms with E-state index in [1.54, 1.807) is 72.8 Å². The molecule has 0 aliphatic carbocycles. The van der Waals surface area contributed by atoms with Gasteiger partial charge < -0.3 is 15.2 Å². The number of benzene rings is 3. The molecule has 2 amide bonds. The van der Waals surface area contributed by atoms with Gasteiger partial charge in [-0.1, -0.05) is 35.9 Å². The molecule has 1 atom stereocenters. The average molecular weight is 476 g/mol. The molecular weight excluding hydrogens is 454 g/mol. The highest BCUT2D eigenvalue weighted by atomic mass is 35.5. The molecule has 0 bridgehead atoms. The summed E-state index contributed by atoms with van der Waals surface area (Å²) >= 11 is 5.89. The van der Waals surface area contributed by atoms with Gasteiger partial charge in [-0.15, -0.1) is 11.7 Å². The number of ether oxygens (including phenoxy) is 1. The number of phenols is 1. The highest BCUT2D eigenvalue weighted by Crippen LogP contribution is 2.37. The molecule has 1 aliphatic heterocycles. The van der Waals surface area contributed by atoms with E-state index in [-0.39, 0.29) is 23.5 Å². The number of anilines is 1. The number of amides is 2. The van der Waals surface area contributed by atoms with Gasteiger partial charge in [-0.05, 0) is 60.5 Å². The molecule has 7 nitrogen and oxygen atoms in total. The zero-order valence-corrected chi connectivity index (χ0v) is 19.1. The molecule has 0 aromatic heterocycles. The third-order valence-corrected chi connectivity index (χ3v) is 5.47. The summed E-state index contributed by atoms with van der Waals surface area (Å²) in [4.78, 5) is 24.9. The second-order valence-corrected chi connectivity index (χ2v) is 8.06. The standard InChI is InChI=1S/C26H22ClN3O4/c1-3-6-17-7-5-10-22(23(17)32)26-30(16(2)31)29-25(34-26)19-8-4-9-21(15-19)28-24(33)18-11-13-20(27)14-12-18/h3-5,7-15,26,32H,1,6H2,2H3,(H,28,33)/t26-/m0/s1. The van der Waals surface area contributed by atoms with Crippen LogP contribution in [0.2, 0.25) is 5.02 Å². The van der Waals surface area contributed by atoms with Crippen molar-refractivity contribution < 1.29 is 19.4 Å². The van der Waals surface area contributed by atoms with Gasteiger partial charge in [0.25, 0.3) is 5.91 Å². The van der Waals surface area contributed by atoms with E-state index in [0.717, 1.165) is 0 Å². The average Bonchev–Trinajstić information content (AvgIpc) is 3.27. The molecule has 0 saturated heterocycles. The first-order chi connectivity index (χ1) is 16.4. The molecule has 3 aromatic carbocycles. The number of carbonyl (C=O) groups is 2. The summed E-state index contributed by atoms with van der Waals surface area (Å²) < 4.78 is 6.02. The molecule has 0 radical (unpaired) electrons. The fourth-order valence-corrected chi connectivity index (χ4v) is 3.68. The van der Waals surface area contributed by atoms with Crippen LogP contribution in [0.1, 0.15) is 40.2 Å². The number of aromatic hydroxyl groups is 1. The lowest BCUT2D eigenvalue weighted by molar-refractivity contribution is -0.135. The number of para-hydroxylation sites is 1. The molecule has 4 rings (SSSR count). The monoisotopic (exact) mass is 475 g/mol. The summed E-state index contributed by atoms with van der Waals surface area (Å²) in [5.41, 5.74) is 2.63. The Morgan fingerprint density at radius 2 is 1.91 bits per heavy atom. The van der Waals surface area contributed by atoms with Crippen LogP contribution in [0.15, 0.2) is 84.5 Å². The summed E-state index contributed by atoms with van der Waals surface area (Å²) in [6.45, 7) is 5.08. The van der Waals surface area contributed by atoms with Crippen LogP contribution in [-0.4, -0.2) is 27.8 Å². The Labute approximate surface area is 201 Å². The second kappa shape index (κ2) is 9.80. The maximum atomic E-state index is 12.6. The minimum atomic E-state index is -0.926. The van der Waals surface area contributed by atoms with Gasteiger partial charge in [0.1, 0.15) is 5.75 Å². The maximum absolute atomic E-state index is 12.6. The Morgan fingerprint density at radius 3 is 2.62 bits per heavy atom. The topological polar surface area (TPSA) is 91.2 Å². The lowest BCUT2D eigenvalue weighted by atomic mass is 10.0. The molecule has 1 heterocycles. The predicted octanol–water partition coefficient (Wildman–Crippen LogP) is 5.27. The molecule has 0 spiro atoms. The van der Waals surface area contributed by atoms with Gasteiger partial charge in [0.15, 0.2) is 0 Å². The number of phenolic OH excluding ortho intramolecular Hbond substituents is 1. The third-order valence-electron chi connectivity index (χ3n) is 5.22. The molecule has 0 fully saturated rings. The maximum Gasteiger partial charge on any atom is 0.255 e. The van der Waals surface area contributed by atoms with Gasteiger partial charge in [0.05, 0.1) is 5.56 Å². The molecule has 3 aromatic rings. The first kappa shape index (κ1) is 23.1. The lowest BCUT2D eigenvalue weighted by Crippen LogP contribution is -2.25. The zero-order chi connectivity index (χ0) is 24.2. The first-order valence-electron chi connectivity index (χ1n) is 10.5. The molecule has 34 heavy (non-hydrogen) atoms. The Kier molecular flexibility index (Phi) is 6.65. The number of allylic oxidation sites excluding steroid dienone is 1. The minimum absolute atomic E-state index is 0.0269. The first-order valence-corrected chi connectivity index (χ1v) is 10.9. The highest BCUT2D eigenvalue weighted by molar-refractivity contribution is 6.30. The van der Waals surface area contributed by atoms with Crippen molar-refractivity contribution in [3.63, 3.8) is 0 Å². The quantitative estimate of drug-likeness (QED) is 0.475. The van der Waals surface area contributed by atoms with E-state index < -0.39 is 6.23 Å². The van der Waals surface area contributed by atoms with Crippen LogP contribution >= 0.6 is 11.6 Å². The Morgan fingerprint density at radius 1 is 1.18 bits per heavy atom. The number of hydrogen-bond acceptors (Lipinski definition) is 5. The van der Waals surface area contributed by atoms with Gasteiger partial charge in [-0.25, -0.2) is 0 Å². The molecule has 8 heteroatoms. The van der Waals surface area contributed by atoms with Crippen molar-refractivity contribution in [1.29, 1.82) is 0 Å². The van der Waals surface area contributed by atoms with Gasteiger partial charge in [-0.3, -0.25) is 9.59 Å². The molecule has 2 N–H and O–H groups in total. The van der Waals surface area contributed by atoms with E-state index in [1.807, 2.05) is 0 Å². The predicted molar refractivity (Wildman–Crippen MR) is 131 cm³/mol. The molecular formula is C26H22ClN3O4. The van der Waals surface area contributed by atoms with Crippen LogP contribution in [0.25, 0.3) is 0 Å². The van der Waals surface area contributed by atoms with Gasteiger partial charge >= 0.3 is 0 Å². The number of halogens is 1. The van der Waals surface area contributed by atoms with Gasteiger partial charge in [0, 0.05) is 28.8 Å². The van der Waals surface area contributed by atoms with Crippen LogP contribution in [0.4, 0.5) is 5.69 Å². The molecule has 0 saturated carbocycles. The van der Waals surface area contributed by atoms with Crippen molar-refractivity contribution in [2.75, 3.05) is 5.32 Å². The van der Waals surface area contributed by atoms with Crippen molar-refractivity contribution in [2.24, 2.45) is 5.10 Å². The van der Waals surface area contributed by atoms with Crippen LogP contribution in [-0.2, 0) is 16.0 Å².